The average molecular weight is 380 g/mol. The molecule has 4 rings (SSSR count). The van der Waals surface area contributed by atoms with Crippen molar-refractivity contribution in [1.29, 1.82) is 0 Å². The summed E-state index contributed by atoms with van der Waals surface area (Å²) in [5, 5.41) is 0. The number of alkyl halides is 2. The molecule has 0 bridgehead atoms. The number of amidine groups is 1. The van der Waals surface area contributed by atoms with E-state index in [2.05, 4.69) is 4.99 Å². The number of aliphatic imine (C=N–C) groups is 1. The fourth-order valence-corrected chi connectivity index (χ4v) is 4.56. The lowest BCUT2D eigenvalue weighted by Gasteiger charge is -2.33. The molecule has 1 aliphatic heterocycles. The molecule has 2 fully saturated rings. The molecule has 7 heteroatoms. The van der Waals surface area contributed by atoms with E-state index in [9.17, 15) is 18.0 Å². The fourth-order valence-electron chi connectivity index (χ4n) is 4.56. The Bertz CT molecular complexity index is 776. The van der Waals surface area contributed by atoms with Gasteiger partial charge >= 0.3 is 0 Å². The van der Waals surface area contributed by atoms with E-state index in [-0.39, 0.29) is 29.7 Å². The Morgan fingerprint density at radius 3 is 2.74 bits per heavy atom. The summed E-state index contributed by atoms with van der Waals surface area (Å²) in [6.07, 6.45) is 2.07. The monoisotopic (exact) mass is 380 g/mol. The first-order valence-corrected chi connectivity index (χ1v) is 9.53. The molecule has 4 nitrogen and oxygen atoms in total. The van der Waals surface area contributed by atoms with Crippen molar-refractivity contribution < 1.29 is 22.7 Å². The van der Waals surface area contributed by atoms with Gasteiger partial charge in [0.2, 0.25) is 0 Å². The molecule has 0 radical (unpaired) electrons. The number of fused-ring (bicyclic) bond motifs is 1. The Kier molecular flexibility index (Phi) is 4.64. The van der Waals surface area contributed by atoms with Crippen LogP contribution in [0.15, 0.2) is 23.2 Å². The molecule has 2 aliphatic carbocycles. The van der Waals surface area contributed by atoms with Crippen molar-refractivity contribution in [3.05, 3.63) is 35.1 Å². The van der Waals surface area contributed by atoms with Crippen molar-refractivity contribution in [2.45, 2.75) is 63.0 Å². The minimum atomic E-state index is -2.92. The van der Waals surface area contributed by atoms with Crippen molar-refractivity contribution in [2.75, 3.05) is 0 Å². The van der Waals surface area contributed by atoms with Crippen molar-refractivity contribution in [3.63, 3.8) is 0 Å². The second-order valence-electron chi connectivity index (χ2n) is 7.87. The number of carbonyl (C=O) groups excluding carboxylic acids is 1. The molecule has 3 aliphatic rings. The maximum Gasteiger partial charge on any atom is 0.283 e. The molecular formula is C20H23F3N2O2. The summed E-state index contributed by atoms with van der Waals surface area (Å²) >= 11 is 0. The predicted octanol–water partition coefficient (Wildman–Crippen LogP) is 3.71. The number of ketones is 1. The summed E-state index contributed by atoms with van der Waals surface area (Å²) in [4.78, 5) is 16.4. The van der Waals surface area contributed by atoms with Crippen LogP contribution in [0.1, 0.15) is 49.7 Å². The Hall–Kier alpha value is -2.05. The SMILES string of the molecule is NC1=N[C@@](c2cc(CC(=O)C3CCCCC3)ccc2F)(C(F)F)[C@H]2C[C@H]2O1. The van der Waals surface area contributed by atoms with Crippen molar-refractivity contribution in [3.8, 4) is 0 Å². The molecule has 3 atom stereocenters. The van der Waals surface area contributed by atoms with E-state index in [1.807, 2.05) is 0 Å². The molecule has 1 heterocycles. The van der Waals surface area contributed by atoms with E-state index < -0.39 is 29.8 Å². The van der Waals surface area contributed by atoms with E-state index in [0.29, 0.717) is 12.0 Å². The first-order valence-electron chi connectivity index (χ1n) is 9.53. The average Bonchev–Trinajstić information content (AvgIpc) is 3.42. The van der Waals surface area contributed by atoms with Crippen LogP contribution in [0.2, 0.25) is 0 Å². The molecule has 2 saturated carbocycles. The van der Waals surface area contributed by atoms with Crippen molar-refractivity contribution in [2.24, 2.45) is 22.6 Å². The summed E-state index contributed by atoms with van der Waals surface area (Å²) < 4.78 is 48.1. The van der Waals surface area contributed by atoms with Gasteiger partial charge in [0.15, 0.2) is 5.54 Å². The molecule has 1 aromatic carbocycles. The normalized spacial score (nSPS) is 30.4. The first-order chi connectivity index (χ1) is 12.9. The fraction of sp³-hybridized carbons (Fsp3) is 0.600. The van der Waals surface area contributed by atoms with E-state index in [4.69, 9.17) is 10.5 Å². The van der Waals surface area contributed by atoms with Crippen LogP contribution in [0, 0.1) is 17.7 Å². The second kappa shape index (κ2) is 6.84. The number of benzene rings is 1. The topological polar surface area (TPSA) is 64.7 Å². The van der Waals surface area contributed by atoms with Crippen LogP contribution in [-0.2, 0) is 21.5 Å². The van der Waals surface area contributed by atoms with Gasteiger partial charge in [-0.2, -0.15) is 0 Å². The van der Waals surface area contributed by atoms with Crippen molar-refractivity contribution in [1.82, 2.24) is 0 Å². The van der Waals surface area contributed by atoms with Crippen LogP contribution >= 0.6 is 0 Å². The van der Waals surface area contributed by atoms with Crippen LogP contribution < -0.4 is 5.73 Å². The van der Waals surface area contributed by atoms with E-state index in [1.54, 1.807) is 0 Å². The Balaban J connectivity index is 1.66. The van der Waals surface area contributed by atoms with Crippen LogP contribution in [-0.4, -0.2) is 24.3 Å². The summed E-state index contributed by atoms with van der Waals surface area (Å²) in [6.45, 7) is 0. The van der Waals surface area contributed by atoms with Gasteiger partial charge in [0, 0.05) is 23.8 Å². The second-order valence-corrected chi connectivity index (χ2v) is 7.87. The maximum absolute atomic E-state index is 14.6. The summed E-state index contributed by atoms with van der Waals surface area (Å²) in [5.41, 5.74) is 3.90. The molecule has 0 saturated heterocycles. The number of hydrogen-bond acceptors (Lipinski definition) is 4. The van der Waals surface area contributed by atoms with E-state index in [0.717, 1.165) is 38.2 Å². The summed E-state index contributed by atoms with van der Waals surface area (Å²) in [6, 6.07) is 3.69. The highest BCUT2D eigenvalue weighted by atomic mass is 19.3. The smallest absolute Gasteiger partial charge is 0.283 e. The standard InChI is InChI=1S/C20H23F3N2O2/c21-15-7-6-11(9-16(26)12-4-2-1-3-5-12)8-13(15)20(18(22)23)14-10-17(14)27-19(24)25-20/h6-8,12,14,17-18H,1-5,9-10H2,(H2,24,25)/t14-,17+,20+/m0/s1. The third-order valence-corrected chi connectivity index (χ3v) is 6.10. The zero-order valence-electron chi connectivity index (χ0n) is 15.0. The van der Waals surface area contributed by atoms with Gasteiger partial charge in [0.05, 0.1) is 0 Å². The number of carbonyl (C=O) groups is 1. The van der Waals surface area contributed by atoms with Gasteiger partial charge in [0.25, 0.3) is 12.4 Å². The highest BCUT2D eigenvalue weighted by molar-refractivity contribution is 5.83. The number of hydrogen-bond donors (Lipinski definition) is 1. The number of rotatable bonds is 5. The van der Waals surface area contributed by atoms with Crippen LogP contribution in [0.25, 0.3) is 0 Å². The van der Waals surface area contributed by atoms with Gasteiger partial charge in [-0.3, -0.25) is 4.79 Å². The van der Waals surface area contributed by atoms with E-state index >= 15 is 0 Å². The number of ether oxygens (including phenoxy) is 1. The summed E-state index contributed by atoms with van der Waals surface area (Å²) in [7, 11) is 0. The lowest BCUT2D eigenvalue weighted by molar-refractivity contribution is -0.123. The lowest BCUT2D eigenvalue weighted by Crippen LogP contribution is -2.43. The molecule has 146 valence electrons. The number of Topliss-reactive ketones (excluding diaryl/α,β-unsaturated/α-hetero) is 1. The molecular weight excluding hydrogens is 357 g/mol. The van der Waals surface area contributed by atoms with Gasteiger partial charge in [-0.1, -0.05) is 25.3 Å². The molecule has 1 aromatic rings. The highest BCUT2D eigenvalue weighted by Crippen LogP contribution is 2.56. The highest BCUT2D eigenvalue weighted by Gasteiger charge is 2.64. The minimum absolute atomic E-state index is 0.0147. The number of halogens is 3. The molecule has 0 unspecified atom stereocenters. The predicted molar refractivity (Wildman–Crippen MR) is 94.0 cm³/mol. The van der Waals surface area contributed by atoms with Crippen LogP contribution in [0.5, 0.6) is 0 Å². The molecule has 0 aromatic heterocycles. The van der Waals surface area contributed by atoms with E-state index in [1.165, 1.54) is 12.1 Å². The van der Waals surface area contributed by atoms with Gasteiger partial charge in [-0.05, 0) is 37.0 Å². The quantitative estimate of drug-likeness (QED) is 0.847. The maximum atomic E-state index is 14.6. The number of nitrogens with zero attached hydrogens (tertiary/aromatic N) is 1. The molecule has 27 heavy (non-hydrogen) atoms. The van der Waals surface area contributed by atoms with Crippen LogP contribution in [0.3, 0.4) is 0 Å². The molecule has 0 spiro atoms. The molecule has 2 N–H and O–H groups in total. The Morgan fingerprint density at radius 1 is 1.30 bits per heavy atom. The van der Waals surface area contributed by atoms with Crippen LogP contribution in [0.4, 0.5) is 13.2 Å². The van der Waals surface area contributed by atoms with Gasteiger partial charge < -0.3 is 10.5 Å². The number of nitrogens with two attached hydrogens (primary N) is 1. The Morgan fingerprint density at radius 2 is 2.04 bits per heavy atom. The van der Waals surface area contributed by atoms with Gasteiger partial charge in [-0.15, -0.1) is 0 Å². The van der Waals surface area contributed by atoms with Gasteiger partial charge in [0.1, 0.15) is 17.7 Å². The zero-order valence-corrected chi connectivity index (χ0v) is 15.0. The lowest BCUT2D eigenvalue weighted by atomic mass is 9.81. The first kappa shape index (κ1) is 18.3. The third kappa shape index (κ3) is 3.21. The van der Waals surface area contributed by atoms with Crippen molar-refractivity contribution >= 4 is 11.8 Å². The molecule has 0 amide bonds. The zero-order chi connectivity index (χ0) is 19.2. The Labute approximate surface area is 156 Å². The minimum Gasteiger partial charge on any atom is -0.462 e. The largest absolute Gasteiger partial charge is 0.462 e. The summed E-state index contributed by atoms with van der Waals surface area (Å²) in [5.74, 6) is -1.25. The van der Waals surface area contributed by atoms with Gasteiger partial charge in [-0.25, -0.2) is 18.2 Å². The third-order valence-electron chi connectivity index (χ3n) is 6.10.